The van der Waals surface area contributed by atoms with Gasteiger partial charge in [0.2, 0.25) is 0 Å². The molecule has 0 heterocycles. The second-order valence-corrected chi connectivity index (χ2v) is 2.80. The maximum Gasteiger partial charge on any atom is 3.00 e. The van der Waals surface area contributed by atoms with Crippen LogP contribution in [0.3, 0.4) is 0 Å². The Morgan fingerprint density at radius 2 is 0.789 bits per heavy atom. The van der Waals surface area contributed by atoms with E-state index in [0.717, 1.165) is 0 Å². The zero-order valence-corrected chi connectivity index (χ0v) is 11.4. The normalized spacial score (nSPS) is 7.74. The van der Waals surface area contributed by atoms with Gasteiger partial charge in [0.15, 0.2) is 0 Å². The molecule has 0 bridgehead atoms. The van der Waals surface area contributed by atoms with Crippen molar-refractivity contribution < 1.29 is 46.5 Å². The van der Waals surface area contributed by atoms with Crippen LogP contribution in [0, 0.1) is 0 Å². The molecule has 0 saturated carbocycles. The molecule has 0 spiro atoms. The standard InChI is InChI=1S/3C3H7NO2.Co/c3*4-2-1-3(5)6;/h3*1-2,4H2,(H,5,6);/q;;;+3. The average molecular weight is 326 g/mol. The van der Waals surface area contributed by atoms with Crippen LogP contribution in [0.5, 0.6) is 0 Å². The molecule has 0 aromatic heterocycles. The summed E-state index contributed by atoms with van der Waals surface area (Å²) in [6, 6.07) is 0. The fraction of sp³-hybridized carbons (Fsp3) is 0.667. The van der Waals surface area contributed by atoms with E-state index in [4.69, 9.17) is 32.5 Å². The molecule has 9 nitrogen and oxygen atoms in total. The van der Waals surface area contributed by atoms with Gasteiger partial charge in [0, 0.05) is 19.6 Å². The van der Waals surface area contributed by atoms with E-state index in [1.54, 1.807) is 0 Å². The molecule has 19 heavy (non-hydrogen) atoms. The van der Waals surface area contributed by atoms with Gasteiger partial charge in [0.25, 0.3) is 0 Å². The topological polar surface area (TPSA) is 190 Å². The van der Waals surface area contributed by atoms with E-state index < -0.39 is 17.9 Å². The van der Waals surface area contributed by atoms with Crippen LogP contribution >= 0.6 is 0 Å². The first kappa shape index (κ1) is 26.4. The molecule has 0 aliphatic carbocycles. The van der Waals surface area contributed by atoms with Crippen molar-refractivity contribution in [3.8, 4) is 0 Å². The molecule has 0 aromatic rings. The second kappa shape index (κ2) is 22.0. The van der Waals surface area contributed by atoms with Gasteiger partial charge in [-0.15, -0.1) is 0 Å². The third kappa shape index (κ3) is 60.5. The van der Waals surface area contributed by atoms with E-state index in [1.807, 2.05) is 0 Å². The van der Waals surface area contributed by atoms with E-state index in [2.05, 4.69) is 0 Å². The van der Waals surface area contributed by atoms with Gasteiger partial charge in [0.05, 0.1) is 19.3 Å². The molecule has 0 aliphatic rings. The van der Waals surface area contributed by atoms with Crippen molar-refractivity contribution in [2.45, 2.75) is 19.3 Å². The molecule has 114 valence electrons. The van der Waals surface area contributed by atoms with Crippen molar-refractivity contribution in [3.63, 3.8) is 0 Å². The Morgan fingerprint density at radius 3 is 0.789 bits per heavy atom. The van der Waals surface area contributed by atoms with E-state index in [0.29, 0.717) is 0 Å². The van der Waals surface area contributed by atoms with Crippen molar-refractivity contribution in [3.05, 3.63) is 0 Å². The van der Waals surface area contributed by atoms with Gasteiger partial charge >= 0.3 is 34.7 Å². The Balaban J connectivity index is -0.0000000865. The first-order valence-electron chi connectivity index (χ1n) is 5.07. The number of hydrogen-bond donors (Lipinski definition) is 6. The Bertz CT molecular complexity index is 202. The van der Waals surface area contributed by atoms with Crippen LogP contribution in [-0.2, 0) is 31.2 Å². The Labute approximate surface area is 121 Å². The van der Waals surface area contributed by atoms with E-state index in [1.165, 1.54) is 0 Å². The molecule has 0 radical (unpaired) electrons. The molecule has 0 atom stereocenters. The van der Waals surface area contributed by atoms with Gasteiger partial charge in [-0.1, -0.05) is 0 Å². The summed E-state index contributed by atoms with van der Waals surface area (Å²) in [5, 5.41) is 23.5. The van der Waals surface area contributed by atoms with Crippen LogP contribution in [0.1, 0.15) is 19.3 Å². The predicted octanol–water partition coefficient (Wildman–Crippen LogP) is -1.74. The van der Waals surface area contributed by atoms with Crippen molar-refractivity contribution in [1.29, 1.82) is 0 Å². The van der Waals surface area contributed by atoms with Gasteiger partial charge in [-0.25, -0.2) is 0 Å². The number of carboxylic acid groups (broad SMARTS) is 3. The summed E-state index contributed by atoms with van der Waals surface area (Å²) in [4.78, 5) is 28.6. The predicted molar refractivity (Wildman–Crippen MR) is 63.9 cm³/mol. The maximum absolute atomic E-state index is 9.52. The van der Waals surface area contributed by atoms with Crippen LogP contribution < -0.4 is 17.2 Å². The Morgan fingerprint density at radius 1 is 0.632 bits per heavy atom. The number of carbonyl (C=O) groups is 3. The zero-order chi connectivity index (χ0) is 15.0. The van der Waals surface area contributed by atoms with Gasteiger partial charge in [0.1, 0.15) is 0 Å². The minimum Gasteiger partial charge on any atom is -0.481 e. The summed E-state index contributed by atoms with van der Waals surface area (Å²) in [5.41, 5.74) is 14.5. The molecule has 0 saturated heterocycles. The smallest absolute Gasteiger partial charge is 0.481 e. The maximum atomic E-state index is 9.52. The summed E-state index contributed by atoms with van der Waals surface area (Å²) in [5.74, 6) is -2.51. The van der Waals surface area contributed by atoms with Gasteiger partial charge < -0.3 is 32.5 Å². The van der Waals surface area contributed by atoms with Crippen LogP contribution in [0.25, 0.3) is 0 Å². The number of rotatable bonds is 6. The molecule has 0 amide bonds. The Kier molecular flexibility index (Phi) is 30.6. The molecule has 0 rings (SSSR count). The van der Waals surface area contributed by atoms with Crippen LogP contribution in [0.4, 0.5) is 0 Å². The molecule has 0 unspecified atom stereocenters. The number of aliphatic carboxylic acids is 3. The summed E-state index contributed by atoms with van der Waals surface area (Å²) in [6.45, 7) is 0.694. The monoisotopic (exact) mass is 326 g/mol. The molecule has 0 fully saturated rings. The minimum absolute atomic E-state index is 0. The van der Waals surface area contributed by atoms with Gasteiger partial charge in [-0.05, 0) is 0 Å². The summed E-state index contributed by atoms with van der Waals surface area (Å²) in [6.07, 6.45) is 0.208. The second-order valence-electron chi connectivity index (χ2n) is 2.80. The molecule has 10 heteroatoms. The SMILES string of the molecule is NCCC(=O)O.NCCC(=O)O.NCCC(=O)O.[Co+3]. The van der Waals surface area contributed by atoms with Crippen LogP contribution in [-0.4, -0.2) is 52.9 Å². The fourth-order valence-electron chi connectivity index (χ4n) is 0.370. The van der Waals surface area contributed by atoms with Gasteiger partial charge in [-0.3, -0.25) is 14.4 Å². The van der Waals surface area contributed by atoms with Crippen LogP contribution in [0.2, 0.25) is 0 Å². The fourth-order valence-corrected chi connectivity index (χ4v) is 0.370. The molecule has 9 N–H and O–H groups in total. The van der Waals surface area contributed by atoms with E-state index >= 15 is 0 Å². The quantitative estimate of drug-likeness (QED) is 0.329. The van der Waals surface area contributed by atoms with E-state index in [-0.39, 0.29) is 55.7 Å². The first-order valence-corrected chi connectivity index (χ1v) is 5.07. The van der Waals surface area contributed by atoms with Crippen molar-refractivity contribution in [1.82, 2.24) is 0 Å². The average Bonchev–Trinajstić information content (AvgIpc) is 2.18. The molecular formula is C9H21CoN3O6+3. The summed E-state index contributed by atoms with van der Waals surface area (Å²) >= 11 is 0. The van der Waals surface area contributed by atoms with Gasteiger partial charge in [-0.2, -0.15) is 0 Å². The van der Waals surface area contributed by atoms with Crippen molar-refractivity contribution >= 4 is 17.9 Å². The number of hydrogen-bond acceptors (Lipinski definition) is 6. The summed E-state index contributed by atoms with van der Waals surface area (Å²) < 4.78 is 0. The first-order chi connectivity index (χ1) is 8.31. The van der Waals surface area contributed by atoms with Crippen molar-refractivity contribution in [2.24, 2.45) is 17.2 Å². The zero-order valence-electron chi connectivity index (χ0n) is 10.4. The third-order valence-corrected chi connectivity index (χ3v) is 1.07. The van der Waals surface area contributed by atoms with E-state index in [9.17, 15) is 14.4 Å². The summed E-state index contributed by atoms with van der Waals surface area (Å²) in [7, 11) is 0. The number of carboxylic acids is 3. The molecule has 0 aromatic carbocycles. The molecule has 0 aliphatic heterocycles. The number of nitrogens with two attached hydrogens (primary N) is 3. The minimum atomic E-state index is -0.836. The Hall–Kier alpha value is -1.20. The largest absolute Gasteiger partial charge is 3.00 e. The van der Waals surface area contributed by atoms with Crippen molar-refractivity contribution in [2.75, 3.05) is 19.6 Å². The molecular weight excluding hydrogens is 305 g/mol. The van der Waals surface area contributed by atoms with Crippen LogP contribution in [0.15, 0.2) is 0 Å². The third-order valence-electron chi connectivity index (χ3n) is 1.07.